The Bertz CT molecular complexity index is 407. The average Bonchev–Trinajstić information content (AvgIpc) is 2.67. The number of aromatic nitrogens is 2. The average molecular weight is 273 g/mol. The summed E-state index contributed by atoms with van der Waals surface area (Å²) >= 11 is 6.33. The molecule has 0 saturated carbocycles. The first-order valence-corrected chi connectivity index (χ1v) is 6.78. The standard InChI is InChI=1S/C12H21ClN4O/c1-3-17-11(12(13)9(2)15-17)7-16-4-5-18-8-10(16)6-14/h10H,3-8,14H2,1-2H3. The van der Waals surface area contributed by atoms with Gasteiger partial charge >= 0.3 is 0 Å². The molecule has 6 heteroatoms. The number of nitrogens with two attached hydrogens (primary N) is 1. The maximum Gasteiger partial charge on any atom is 0.0860 e. The minimum atomic E-state index is 0.273. The maximum atomic E-state index is 6.33. The molecule has 0 spiro atoms. The largest absolute Gasteiger partial charge is 0.378 e. The topological polar surface area (TPSA) is 56.3 Å². The third kappa shape index (κ3) is 2.69. The quantitative estimate of drug-likeness (QED) is 0.889. The van der Waals surface area contributed by atoms with Gasteiger partial charge in [0.05, 0.1) is 29.6 Å². The van der Waals surface area contributed by atoms with E-state index in [0.717, 1.165) is 42.7 Å². The third-order valence-corrected chi connectivity index (χ3v) is 3.92. The van der Waals surface area contributed by atoms with Gasteiger partial charge in [0, 0.05) is 32.2 Å². The Balaban J connectivity index is 2.17. The molecule has 1 aliphatic heterocycles. The highest BCUT2D eigenvalue weighted by atomic mass is 35.5. The van der Waals surface area contributed by atoms with Crippen LogP contribution in [0, 0.1) is 6.92 Å². The van der Waals surface area contributed by atoms with Crippen LogP contribution in [0.4, 0.5) is 0 Å². The highest BCUT2D eigenvalue weighted by molar-refractivity contribution is 6.31. The maximum absolute atomic E-state index is 6.33. The molecule has 1 fully saturated rings. The van der Waals surface area contributed by atoms with Crippen molar-refractivity contribution in [2.45, 2.75) is 33.0 Å². The Morgan fingerprint density at radius 1 is 1.56 bits per heavy atom. The van der Waals surface area contributed by atoms with Crippen molar-refractivity contribution in [3.05, 3.63) is 16.4 Å². The molecule has 0 aromatic carbocycles. The summed E-state index contributed by atoms with van der Waals surface area (Å²) in [5, 5.41) is 5.22. The van der Waals surface area contributed by atoms with Gasteiger partial charge in [0.25, 0.3) is 0 Å². The molecule has 0 bridgehead atoms. The minimum Gasteiger partial charge on any atom is -0.378 e. The molecule has 102 valence electrons. The Labute approximate surface area is 113 Å². The summed E-state index contributed by atoms with van der Waals surface area (Å²) in [4.78, 5) is 2.33. The number of ether oxygens (including phenoxy) is 1. The van der Waals surface area contributed by atoms with Crippen LogP contribution in [0.15, 0.2) is 0 Å². The zero-order valence-corrected chi connectivity index (χ0v) is 11.8. The number of aryl methyl sites for hydroxylation is 2. The van der Waals surface area contributed by atoms with E-state index >= 15 is 0 Å². The molecular weight excluding hydrogens is 252 g/mol. The molecule has 0 radical (unpaired) electrons. The SMILES string of the molecule is CCn1nc(C)c(Cl)c1CN1CCOCC1CN. The smallest absolute Gasteiger partial charge is 0.0860 e. The van der Waals surface area contributed by atoms with Crippen LogP contribution in [0.25, 0.3) is 0 Å². The Morgan fingerprint density at radius 2 is 2.33 bits per heavy atom. The second-order valence-electron chi connectivity index (χ2n) is 4.60. The van der Waals surface area contributed by atoms with Crippen molar-refractivity contribution in [2.75, 3.05) is 26.3 Å². The highest BCUT2D eigenvalue weighted by Crippen LogP contribution is 2.23. The van der Waals surface area contributed by atoms with Crippen LogP contribution in [0.1, 0.15) is 18.3 Å². The molecule has 18 heavy (non-hydrogen) atoms. The number of rotatable bonds is 4. The van der Waals surface area contributed by atoms with Gasteiger partial charge in [-0.1, -0.05) is 11.6 Å². The molecule has 1 unspecified atom stereocenters. The lowest BCUT2D eigenvalue weighted by Crippen LogP contribution is -2.49. The lowest BCUT2D eigenvalue weighted by Gasteiger charge is -2.34. The van der Waals surface area contributed by atoms with Gasteiger partial charge in [0.1, 0.15) is 0 Å². The van der Waals surface area contributed by atoms with Crippen LogP contribution < -0.4 is 5.73 Å². The fourth-order valence-electron chi connectivity index (χ4n) is 2.33. The second-order valence-corrected chi connectivity index (χ2v) is 4.97. The van der Waals surface area contributed by atoms with E-state index in [0.29, 0.717) is 13.2 Å². The summed E-state index contributed by atoms with van der Waals surface area (Å²) in [6, 6.07) is 0.273. The fraction of sp³-hybridized carbons (Fsp3) is 0.750. The summed E-state index contributed by atoms with van der Waals surface area (Å²) in [6.07, 6.45) is 0. The van der Waals surface area contributed by atoms with Gasteiger partial charge in [0.15, 0.2) is 0 Å². The van der Waals surface area contributed by atoms with Gasteiger partial charge in [-0.3, -0.25) is 9.58 Å². The molecular formula is C12H21ClN4O. The van der Waals surface area contributed by atoms with E-state index < -0.39 is 0 Å². The first-order chi connectivity index (χ1) is 8.67. The zero-order valence-electron chi connectivity index (χ0n) is 11.0. The molecule has 1 aromatic rings. The van der Waals surface area contributed by atoms with Crippen molar-refractivity contribution >= 4 is 11.6 Å². The van der Waals surface area contributed by atoms with Crippen molar-refractivity contribution in [3.8, 4) is 0 Å². The number of hydrogen-bond donors (Lipinski definition) is 1. The van der Waals surface area contributed by atoms with Crippen LogP contribution in [-0.4, -0.2) is 47.0 Å². The molecule has 2 heterocycles. The number of nitrogens with zero attached hydrogens (tertiary/aromatic N) is 3. The number of hydrogen-bond acceptors (Lipinski definition) is 4. The monoisotopic (exact) mass is 272 g/mol. The highest BCUT2D eigenvalue weighted by Gasteiger charge is 2.24. The Kier molecular flexibility index (Phi) is 4.61. The van der Waals surface area contributed by atoms with E-state index in [9.17, 15) is 0 Å². The summed E-state index contributed by atoms with van der Waals surface area (Å²) in [5.41, 5.74) is 7.76. The van der Waals surface area contributed by atoms with Crippen molar-refractivity contribution < 1.29 is 4.74 Å². The molecule has 2 rings (SSSR count). The van der Waals surface area contributed by atoms with Gasteiger partial charge in [-0.2, -0.15) is 5.10 Å². The van der Waals surface area contributed by atoms with Crippen LogP contribution in [0.5, 0.6) is 0 Å². The Morgan fingerprint density at radius 3 is 3.00 bits per heavy atom. The first-order valence-electron chi connectivity index (χ1n) is 6.41. The molecule has 1 aromatic heterocycles. The zero-order chi connectivity index (χ0) is 13.1. The van der Waals surface area contributed by atoms with E-state index in [-0.39, 0.29) is 6.04 Å². The molecule has 1 atom stereocenters. The summed E-state index contributed by atoms with van der Waals surface area (Å²) in [5.74, 6) is 0. The lowest BCUT2D eigenvalue weighted by molar-refractivity contribution is -0.00900. The Hall–Kier alpha value is -0.620. The molecule has 0 aliphatic carbocycles. The summed E-state index contributed by atoms with van der Waals surface area (Å²) in [7, 11) is 0. The lowest BCUT2D eigenvalue weighted by atomic mass is 10.2. The van der Waals surface area contributed by atoms with E-state index in [1.165, 1.54) is 0 Å². The molecule has 0 amide bonds. The first kappa shape index (κ1) is 13.8. The van der Waals surface area contributed by atoms with E-state index in [4.69, 9.17) is 22.1 Å². The third-order valence-electron chi connectivity index (χ3n) is 3.43. The molecule has 2 N–H and O–H groups in total. The number of halogens is 1. The minimum absolute atomic E-state index is 0.273. The van der Waals surface area contributed by atoms with Gasteiger partial charge < -0.3 is 10.5 Å². The van der Waals surface area contributed by atoms with Crippen LogP contribution >= 0.6 is 11.6 Å². The predicted octanol–water partition coefficient (Wildman–Crippen LogP) is 1.02. The summed E-state index contributed by atoms with van der Waals surface area (Å²) < 4.78 is 7.43. The summed E-state index contributed by atoms with van der Waals surface area (Å²) in [6.45, 7) is 8.60. The molecule has 1 aliphatic rings. The van der Waals surface area contributed by atoms with Crippen molar-refractivity contribution in [1.82, 2.24) is 14.7 Å². The van der Waals surface area contributed by atoms with Crippen molar-refractivity contribution in [2.24, 2.45) is 5.73 Å². The van der Waals surface area contributed by atoms with E-state index in [1.807, 2.05) is 11.6 Å². The fourth-order valence-corrected chi connectivity index (χ4v) is 2.52. The van der Waals surface area contributed by atoms with Gasteiger partial charge in [-0.25, -0.2) is 0 Å². The van der Waals surface area contributed by atoms with Crippen LogP contribution in [0.2, 0.25) is 5.02 Å². The number of morpholine rings is 1. The van der Waals surface area contributed by atoms with Crippen molar-refractivity contribution in [3.63, 3.8) is 0 Å². The molecule has 1 saturated heterocycles. The van der Waals surface area contributed by atoms with Gasteiger partial charge in [-0.15, -0.1) is 0 Å². The second kappa shape index (κ2) is 6.02. The predicted molar refractivity (Wildman–Crippen MR) is 71.7 cm³/mol. The van der Waals surface area contributed by atoms with Gasteiger partial charge in [-0.05, 0) is 13.8 Å². The van der Waals surface area contributed by atoms with Crippen LogP contribution in [0.3, 0.4) is 0 Å². The van der Waals surface area contributed by atoms with E-state index in [1.54, 1.807) is 0 Å². The molecule has 5 nitrogen and oxygen atoms in total. The van der Waals surface area contributed by atoms with Crippen LogP contribution in [-0.2, 0) is 17.8 Å². The normalized spacial score (nSPS) is 21.4. The van der Waals surface area contributed by atoms with Gasteiger partial charge in [0.2, 0.25) is 0 Å². The van der Waals surface area contributed by atoms with Crippen molar-refractivity contribution in [1.29, 1.82) is 0 Å². The van der Waals surface area contributed by atoms with E-state index in [2.05, 4.69) is 16.9 Å².